The molecule has 0 aliphatic carbocycles. The van der Waals surface area contributed by atoms with Gasteiger partial charge in [-0.25, -0.2) is 0 Å². The largest absolute Gasteiger partial charge is 0.486 e. The second-order valence-electron chi connectivity index (χ2n) is 4.76. The summed E-state index contributed by atoms with van der Waals surface area (Å²) in [6.45, 7) is 0.954. The molecule has 0 N–H and O–H groups in total. The molecule has 1 aliphatic rings. The number of carbonyl (C=O) groups is 2. The lowest BCUT2D eigenvalue weighted by Gasteiger charge is -2.18. The summed E-state index contributed by atoms with van der Waals surface area (Å²) in [6.07, 6.45) is 1.46. The Kier molecular flexibility index (Phi) is 3.43. The maximum atomic E-state index is 12.2. The summed E-state index contributed by atoms with van der Waals surface area (Å²) in [5.74, 6) is 0.601. The summed E-state index contributed by atoms with van der Waals surface area (Å²) in [5, 5.41) is 4.00. The molecule has 3 rings (SSSR count). The summed E-state index contributed by atoms with van der Waals surface area (Å²) in [5.41, 5.74) is 0.729. The number of fused-ring (bicyclic) bond motifs is 1. The summed E-state index contributed by atoms with van der Waals surface area (Å²) < 4.78 is 12.4. The number of ketones is 2. The van der Waals surface area contributed by atoms with Gasteiger partial charge in [-0.1, -0.05) is 0 Å². The number of benzene rings is 1. The Bertz CT molecular complexity index is 705. The Morgan fingerprint density at radius 1 is 1.14 bits per heavy atom. The lowest BCUT2D eigenvalue weighted by molar-refractivity contribution is 0.0890. The molecule has 0 saturated carbocycles. The van der Waals surface area contributed by atoms with Crippen molar-refractivity contribution in [2.45, 2.75) is 6.42 Å². The highest BCUT2D eigenvalue weighted by Gasteiger charge is 2.18. The van der Waals surface area contributed by atoms with E-state index in [-0.39, 0.29) is 18.0 Å². The molecule has 1 aromatic heterocycles. The molecule has 108 valence electrons. The number of carbonyl (C=O) groups excluding carboxylic acids is 2. The molecule has 1 aromatic carbocycles. The van der Waals surface area contributed by atoms with Crippen LogP contribution in [0.3, 0.4) is 0 Å². The fourth-order valence-corrected chi connectivity index (χ4v) is 2.12. The topological polar surface area (TPSA) is 70.4 Å². The van der Waals surface area contributed by atoms with E-state index in [0.717, 1.165) is 0 Å². The van der Waals surface area contributed by atoms with E-state index < -0.39 is 0 Å². The molecule has 0 fully saturated rings. The van der Waals surface area contributed by atoms with Crippen LogP contribution >= 0.6 is 0 Å². The van der Waals surface area contributed by atoms with Gasteiger partial charge in [0.2, 0.25) is 0 Å². The van der Waals surface area contributed by atoms with Gasteiger partial charge in [-0.15, -0.1) is 0 Å². The third-order valence-electron chi connectivity index (χ3n) is 3.18. The molecule has 2 aromatic rings. The van der Waals surface area contributed by atoms with Crippen molar-refractivity contribution in [1.29, 1.82) is 0 Å². The van der Waals surface area contributed by atoms with E-state index in [1.54, 1.807) is 37.5 Å². The van der Waals surface area contributed by atoms with Gasteiger partial charge in [-0.05, 0) is 24.3 Å². The summed E-state index contributed by atoms with van der Waals surface area (Å²) in [4.78, 5) is 24.1. The Labute approximate surface area is 121 Å². The molecule has 0 unspecified atom stereocenters. The number of hydrogen-bond acceptors (Lipinski definition) is 5. The minimum atomic E-state index is -0.296. The molecule has 0 atom stereocenters. The Balaban J connectivity index is 1.75. The number of hydrogen-bond donors (Lipinski definition) is 0. The summed E-state index contributed by atoms with van der Waals surface area (Å²) in [6, 6.07) is 6.54. The fraction of sp³-hybridized carbons (Fsp3) is 0.267. The van der Waals surface area contributed by atoms with Crippen molar-refractivity contribution in [2.24, 2.45) is 7.05 Å². The van der Waals surface area contributed by atoms with E-state index in [1.807, 2.05) is 0 Å². The second kappa shape index (κ2) is 5.40. The van der Waals surface area contributed by atoms with Crippen LogP contribution in [-0.2, 0) is 7.05 Å². The van der Waals surface area contributed by atoms with Crippen LogP contribution in [0.2, 0.25) is 0 Å². The quantitative estimate of drug-likeness (QED) is 0.631. The highest BCUT2D eigenvalue weighted by Crippen LogP contribution is 2.31. The Morgan fingerprint density at radius 3 is 2.62 bits per heavy atom. The first-order valence-corrected chi connectivity index (χ1v) is 6.59. The van der Waals surface area contributed by atoms with E-state index in [9.17, 15) is 9.59 Å². The van der Waals surface area contributed by atoms with E-state index in [2.05, 4.69) is 5.10 Å². The molecule has 0 radical (unpaired) electrons. The summed E-state index contributed by atoms with van der Waals surface area (Å²) >= 11 is 0. The number of aryl methyl sites for hydroxylation is 1. The van der Waals surface area contributed by atoms with Crippen LogP contribution in [0.25, 0.3) is 0 Å². The zero-order chi connectivity index (χ0) is 14.8. The number of rotatable bonds is 4. The van der Waals surface area contributed by atoms with Gasteiger partial charge in [0, 0.05) is 18.8 Å². The average molecular weight is 286 g/mol. The predicted octanol–water partition coefficient (Wildman–Crippen LogP) is 1.65. The van der Waals surface area contributed by atoms with E-state index in [1.165, 1.54) is 4.68 Å². The molecular formula is C15H14N2O4. The van der Waals surface area contributed by atoms with Crippen molar-refractivity contribution in [3.05, 3.63) is 41.7 Å². The minimum absolute atomic E-state index is 0.212. The van der Waals surface area contributed by atoms with Crippen molar-refractivity contribution in [2.75, 3.05) is 13.2 Å². The first-order valence-electron chi connectivity index (χ1n) is 6.59. The lowest BCUT2D eigenvalue weighted by atomic mass is 10.0. The molecule has 1 aliphatic heterocycles. The van der Waals surface area contributed by atoms with Crippen LogP contribution < -0.4 is 9.47 Å². The molecular weight excluding hydrogens is 272 g/mol. The van der Waals surface area contributed by atoms with E-state index >= 15 is 0 Å². The van der Waals surface area contributed by atoms with Gasteiger partial charge in [-0.3, -0.25) is 14.3 Å². The molecule has 0 amide bonds. The number of nitrogens with zero attached hydrogens (tertiary/aromatic N) is 2. The third-order valence-corrected chi connectivity index (χ3v) is 3.18. The van der Waals surface area contributed by atoms with Gasteiger partial charge in [-0.2, -0.15) is 5.10 Å². The van der Waals surface area contributed by atoms with E-state index in [4.69, 9.17) is 9.47 Å². The fourth-order valence-electron chi connectivity index (χ4n) is 2.12. The highest BCUT2D eigenvalue weighted by atomic mass is 16.6. The third kappa shape index (κ3) is 2.79. The lowest BCUT2D eigenvalue weighted by Crippen LogP contribution is -2.16. The zero-order valence-electron chi connectivity index (χ0n) is 11.5. The standard InChI is InChI=1S/C15H14N2O4/c1-17-5-4-11(16-17)13(19)9-12(18)10-2-3-14-15(8-10)21-7-6-20-14/h2-5,8H,6-7,9H2,1H3. The van der Waals surface area contributed by atoms with Gasteiger partial charge in [0.15, 0.2) is 23.1 Å². The van der Waals surface area contributed by atoms with Crippen LogP contribution in [0.15, 0.2) is 30.5 Å². The van der Waals surface area contributed by atoms with Gasteiger partial charge in [0.1, 0.15) is 18.9 Å². The van der Waals surface area contributed by atoms with E-state index in [0.29, 0.717) is 36.0 Å². The predicted molar refractivity (Wildman–Crippen MR) is 73.9 cm³/mol. The van der Waals surface area contributed by atoms with Crippen molar-refractivity contribution in [3.63, 3.8) is 0 Å². The summed E-state index contributed by atoms with van der Waals surface area (Å²) in [7, 11) is 1.72. The zero-order valence-corrected chi connectivity index (χ0v) is 11.5. The number of aromatic nitrogens is 2. The molecule has 2 heterocycles. The number of Topliss-reactive ketones (excluding diaryl/α,β-unsaturated/α-hetero) is 2. The molecule has 0 spiro atoms. The highest BCUT2D eigenvalue weighted by molar-refractivity contribution is 6.13. The van der Waals surface area contributed by atoms with Crippen molar-refractivity contribution in [3.8, 4) is 11.5 Å². The van der Waals surface area contributed by atoms with Gasteiger partial charge in [0.25, 0.3) is 0 Å². The average Bonchev–Trinajstić information content (AvgIpc) is 2.93. The van der Waals surface area contributed by atoms with Crippen molar-refractivity contribution >= 4 is 11.6 Å². The molecule has 0 bridgehead atoms. The first kappa shape index (κ1) is 13.4. The van der Waals surface area contributed by atoms with Crippen LogP contribution in [0.5, 0.6) is 11.5 Å². The van der Waals surface area contributed by atoms with Crippen LogP contribution in [0, 0.1) is 0 Å². The maximum absolute atomic E-state index is 12.2. The molecule has 21 heavy (non-hydrogen) atoms. The first-order chi connectivity index (χ1) is 10.1. The maximum Gasteiger partial charge on any atom is 0.190 e. The molecule has 0 saturated heterocycles. The van der Waals surface area contributed by atoms with Crippen molar-refractivity contribution < 1.29 is 19.1 Å². The normalized spacial score (nSPS) is 13.0. The van der Waals surface area contributed by atoms with Crippen LogP contribution in [0.4, 0.5) is 0 Å². The molecule has 6 nitrogen and oxygen atoms in total. The SMILES string of the molecule is Cn1ccc(C(=O)CC(=O)c2ccc3c(c2)OCCO3)n1. The molecule has 6 heteroatoms. The van der Waals surface area contributed by atoms with Gasteiger partial charge >= 0.3 is 0 Å². The smallest absolute Gasteiger partial charge is 0.190 e. The number of ether oxygens (including phenoxy) is 2. The van der Waals surface area contributed by atoms with Crippen LogP contribution in [-0.4, -0.2) is 34.6 Å². The van der Waals surface area contributed by atoms with Gasteiger partial charge in [0.05, 0.1) is 6.42 Å². The van der Waals surface area contributed by atoms with Gasteiger partial charge < -0.3 is 9.47 Å². The monoisotopic (exact) mass is 286 g/mol. The van der Waals surface area contributed by atoms with Crippen LogP contribution in [0.1, 0.15) is 27.3 Å². The van der Waals surface area contributed by atoms with Crippen molar-refractivity contribution in [1.82, 2.24) is 9.78 Å². The minimum Gasteiger partial charge on any atom is -0.486 e. The Hall–Kier alpha value is -2.63. The second-order valence-corrected chi connectivity index (χ2v) is 4.76. The Morgan fingerprint density at radius 2 is 1.90 bits per heavy atom.